The molecule has 0 aliphatic rings. The van der Waals surface area contributed by atoms with Crippen LogP contribution in [0.15, 0.2) is 30.9 Å². The van der Waals surface area contributed by atoms with E-state index in [-0.39, 0.29) is 0 Å². The average molecular weight is 215 g/mol. The molecule has 0 aliphatic carbocycles. The van der Waals surface area contributed by atoms with Crippen LogP contribution in [0.4, 0.5) is 0 Å². The summed E-state index contributed by atoms with van der Waals surface area (Å²) in [4.78, 5) is 0. The van der Waals surface area contributed by atoms with E-state index in [0.29, 0.717) is 16.0 Å². The summed E-state index contributed by atoms with van der Waals surface area (Å²) in [5, 5.41) is 1.21. The van der Waals surface area contributed by atoms with Gasteiger partial charge in [0.25, 0.3) is 0 Å². The highest BCUT2D eigenvalue weighted by Gasteiger charge is 2.06. The van der Waals surface area contributed by atoms with E-state index in [9.17, 15) is 0 Å². The van der Waals surface area contributed by atoms with Crippen molar-refractivity contribution in [2.24, 2.45) is 0 Å². The summed E-state index contributed by atoms with van der Waals surface area (Å²) in [5.74, 6) is 0.370. The fraction of sp³-hybridized carbons (Fsp3) is 0.273. The Kier molecular flexibility index (Phi) is 3.83. The van der Waals surface area contributed by atoms with Gasteiger partial charge in [-0.3, -0.25) is 0 Å². The van der Waals surface area contributed by atoms with Gasteiger partial charge in [-0.2, -0.15) is 0 Å². The molecule has 1 atom stereocenters. The van der Waals surface area contributed by atoms with E-state index in [1.165, 1.54) is 5.56 Å². The number of rotatable bonds is 3. The van der Waals surface area contributed by atoms with Crippen molar-refractivity contribution in [2.45, 2.75) is 19.3 Å². The van der Waals surface area contributed by atoms with Gasteiger partial charge in [0.05, 0.1) is 10.0 Å². The Balaban J connectivity index is 3.01. The van der Waals surface area contributed by atoms with Gasteiger partial charge in [0.2, 0.25) is 0 Å². The van der Waals surface area contributed by atoms with E-state index in [0.717, 1.165) is 6.42 Å². The van der Waals surface area contributed by atoms with Crippen LogP contribution in [0.5, 0.6) is 0 Å². The number of benzene rings is 1. The molecule has 0 N–H and O–H groups in total. The van der Waals surface area contributed by atoms with E-state index in [1.54, 1.807) is 0 Å². The van der Waals surface area contributed by atoms with Crippen molar-refractivity contribution in [3.05, 3.63) is 46.5 Å². The molecule has 13 heavy (non-hydrogen) atoms. The van der Waals surface area contributed by atoms with Gasteiger partial charge in [-0.05, 0) is 24.1 Å². The molecule has 1 aromatic carbocycles. The number of allylic oxidation sites excluding steroid dienone is 1. The molecule has 0 radical (unpaired) electrons. The van der Waals surface area contributed by atoms with Gasteiger partial charge in [-0.15, -0.1) is 6.58 Å². The highest BCUT2D eigenvalue weighted by molar-refractivity contribution is 6.42. The van der Waals surface area contributed by atoms with Crippen LogP contribution in [-0.4, -0.2) is 0 Å². The minimum absolute atomic E-state index is 0.370. The second kappa shape index (κ2) is 4.69. The fourth-order valence-corrected chi connectivity index (χ4v) is 1.59. The zero-order chi connectivity index (χ0) is 9.84. The number of halogens is 2. The zero-order valence-electron chi connectivity index (χ0n) is 7.56. The summed E-state index contributed by atoms with van der Waals surface area (Å²) in [6, 6.07) is 5.72. The minimum Gasteiger partial charge on any atom is -0.102 e. The van der Waals surface area contributed by atoms with Crippen molar-refractivity contribution < 1.29 is 0 Å². The van der Waals surface area contributed by atoms with E-state index in [1.807, 2.05) is 24.3 Å². The molecular weight excluding hydrogens is 203 g/mol. The predicted octanol–water partition coefficient (Wildman–Crippen LogP) is 4.67. The first-order chi connectivity index (χ1) is 6.19. The molecule has 0 heterocycles. The third-order valence-electron chi connectivity index (χ3n) is 2.10. The Morgan fingerprint density at radius 1 is 1.38 bits per heavy atom. The molecule has 0 spiro atoms. The molecular formula is C11H12Cl2. The van der Waals surface area contributed by atoms with Crippen LogP contribution >= 0.6 is 23.2 Å². The molecule has 1 aromatic rings. The number of hydrogen-bond acceptors (Lipinski definition) is 0. The summed E-state index contributed by atoms with van der Waals surface area (Å²) >= 11 is 11.7. The van der Waals surface area contributed by atoms with Gasteiger partial charge in [-0.1, -0.05) is 42.3 Å². The Morgan fingerprint density at radius 3 is 2.54 bits per heavy atom. The lowest BCUT2D eigenvalue weighted by atomic mass is 9.97. The highest BCUT2D eigenvalue weighted by atomic mass is 35.5. The normalized spacial score (nSPS) is 12.5. The first-order valence-electron chi connectivity index (χ1n) is 4.26. The van der Waals surface area contributed by atoms with E-state index in [2.05, 4.69) is 13.5 Å². The lowest BCUT2D eigenvalue weighted by Crippen LogP contribution is -1.92. The van der Waals surface area contributed by atoms with Crippen LogP contribution < -0.4 is 0 Å². The van der Waals surface area contributed by atoms with Crippen molar-refractivity contribution in [1.29, 1.82) is 0 Å². The smallest absolute Gasteiger partial charge is 0.0595 e. The summed E-state index contributed by atoms with van der Waals surface area (Å²) in [7, 11) is 0. The molecule has 1 unspecified atom stereocenters. The first-order valence-corrected chi connectivity index (χ1v) is 5.02. The largest absolute Gasteiger partial charge is 0.102 e. The highest BCUT2D eigenvalue weighted by Crippen LogP contribution is 2.28. The van der Waals surface area contributed by atoms with Crippen molar-refractivity contribution in [3.8, 4) is 0 Å². The molecule has 0 nitrogen and oxygen atoms in total. The van der Waals surface area contributed by atoms with Crippen LogP contribution in [0.2, 0.25) is 10.0 Å². The second-order valence-electron chi connectivity index (χ2n) is 2.92. The quantitative estimate of drug-likeness (QED) is 0.642. The monoisotopic (exact) mass is 214 g/mol. The molecule has 0 aliphatic heterocycles. The average Bonchev–Trinajstić information content (AvgIpc) is 2.13. The zero-order valence-corrected chi connectivity index (χ0v) is 9.07. The standard InChI is InChI=1S/C11H12Cl2/c1-3-8(4-2)9-5-6-10(12)11(13)7-9/h3,5-8H,1,4H2,2H3. The lowest BCUT2D eigenvalue weighted by molar-refractivity contribution is 0.807. The van der Waals surface area contributed by atoms with Crippen molar-refractivity contribution >= 4 is 23.2 Å². The maximum atomic E-state index is 5.91. The van der Waals surface area contributed by atoms with Crippen LogP contribution in [0.25, 0.3) is 0 Å². The van der Waals surface area contributed by atoms with Gasteiger partial charge in [-0.25, -0.2) is 0 Å². The molecule has 0 fully saturated rings. The second-order valence-corrected chi connectivity index (χ2v) is 3.74. The fourth-order valence-electron chi connectivity index (χ4n) is 1.28. The summed E-state index contributed by atoms with van der Waals surface area (Å²) in [6.07, 6.45) is 2.96. The topological polar surface area (TPSA) is 0 Å². The molecule has 0 saturated carbocycles. The van der Waals surface area contributed by atoms with Crippen molar-refractivity contribution in [2.75, 3.05) is 0 Å². The van der Waals surface area contributed by atoms with E-state index in [4.69, 9.17) is 23.2 Å². The molecule has 70 valence electrons. The van der Waals surface area contributed by atoms with Gasteiger partial charge in [0, 0.05) is 5.92 Å². The van der Waals surface area contributed by atoms with Gasteiger partial charge < -0.3 is 0 Å². The Hall–Kier alpha value is -0.460. The molecule has 0 bridgehead atoms. The predicted molar refractivity (Wildman–Crippen MR) is 59.7 cm³/mol. The molecule has 0 saturated heterocycles. The molecule has 2 heteroatoms. The SMILES string of the molecule is C=CC(CC)c1ccc(Cl)c(Cl)c1. The molecule has 0 amide bonds. The van der Waals surface area contributed by atoms with Gasteiger partial charge in [0.1, 0.15) is 0 Å². The van der Waals surface area contributed by atoms with E-state index < -0.39 is 0 Å². The van der Waals surface area contributed by atoms with Crippen LogP contribution in [-0.2, 0) is 0 Å². The summed E-state index contributed by atoms with van der Waals surface area (Å²) in [5.41, 5.74) is 1.17. The minimum atomic E-state index is 0.370. The van der Waals surface area contributed by atoms with Crippen LogP contribution in [0.1, 0.15) is 24.8 Å². The van der Waals surface area contributed by atoms with Crippen LogP contribution in [0, 0.1) is 0 Å². The van der Waals surface area contributed by atoms with Gasteiger partial charge >= 0.3 is 0 Å². The summed E-state index contributed by atoms with van der Waals surface area (Å²) < 4.78 is 0. The molecule has 0 aromatic heterocycles. The third-order valence-corrected chi connectivity index (χ3v) is 2.84. The first kappa shape index (κ1) is 10.6. The Bertz CT molecular complexity index is 305. The van der Waals surface area contributed by atoms with E-state index >= 15 is 0 Å². The lowest BCUT2D eigenvalue weighted by Gasteiger charge is -2.10. The molecule has 1 rings (SSSR count). The summed E-state index contributed by atoms with van der Waals surface area (Å²) in [6.45, 7) is 5.90. The maximum absolute atomic E-state index is 5.91. The third kappa shape index (κ3) is 2.49. The van der Waals surface area contributed by atoms with Crippen molar-refractivity contribution in [1.82, 2.24) is 0 Å². The van der Waals surface area contributed by atoms with Crippen LogP contribution in [0.3, 0.4) is 0 Å². The van der Waals surface area contributed by atoms with Gasteiger partial charge in [0.15, 0.2) is 0 Å². The Morgan fingerprint density at radius 2 is 2.08 bits per heavy atom. The Labute approximate surface area is 89.2 Å². The maximum Gasteiger partial charge on any atom is 0.0595 e. The van der Waals surface area contributed by atoms with Crippen molar-refractivity contribution in [3.63, 3.8) is 0 Å². The number of hydrogen-bond donors (Lipinski definition) is 0.